The van der Waals surface area contributed by atoms with E-state index in [1.165, 1.54) is 0 Å². The first-order valence-corrected chi connectivity index (χ1v) is 6.44. The lowest BCUT2D eigenvalue weighted by atomic mass is 10.1. The molecular formula is C16H17N3O. The Morgan fingerprint density at radius 2 is 2.15 bits per heavy atom. The molecule has 0 spiro atoms. The summed E-state index contributed by atoms with van der Waals surface area (Å²) >= 11 is 0. The van der Waals surface area contributed by atoms with Crippen LogP contribution in [0.1, 0.15) is 29.7 Å². The molecule has 0 radical (unpaired) electrons. The lowest BCUT2D eigenvalue weighted by Gasteiger charge is -2.19. The summed E-state index contributed by atoms with van der Waals surface area (Å²) in [6.07, 6.45) is 1.18. The molecule has 20 heavy (non-hydrogen) atoms. The number of nitriles is 1. The average molecular weight is 267 g/mol. The molecule has 1 atom stereocenters. The fraction of sp³-hybridized carbons (Fsp3) is 0.250. The molecule has 4 heteroatoms. The van der Waals surface area contributed by atoms with E-state index in [-0.39, 0.29) is 0 Å². The highest BCUT2D eigenvalue weighted by Crippen LogP contribution is 2.17. The molecule has 2 aromatic rings. The van der Waals surface area contributed by atoms with E-state index in [1.54, 1.807) is 19.2 Å². The normalized spacial score (nSPS) is 11.7. The van der Waals surface area contributed by atoms with Gasteiger partial charge in [-0.2, -0.15) is 5.26 Å². The smallest absolute Gasteiger partial charge is 0.128 e. The van der Waals surface area contributed by atoms with Crippen LogP contribution in [0.15, 0.2) is 42.6 Å². The van der Waals surface area contributed by atoms with Crippen LogP contribution in [0.3, 0.4) is 0 Å². The number of aliphatic hydroxyl groups excluding tert-OH is 1. The molecule has 0 saturated carbocycles. The molecular weight excluding hydrogens is 250 g/mol. The largest absolute Gasteiger partial charge is 0.389 e. The molecule has 4 nitrogen and oxygen atoms in total. The molecule has 0 fully saturated rings. The van der Waals surface area contributed by atoms with E-state index in [1.807, 2.05) is 42.3 Å². The maximum absolute atomic E-state index is 9.46. The van der Waals surface area contributed by atoms with Gasteiger partial charge in [-0.15, -0.1) is 0 Å². The average Bonchev–Trinajstić information content (AvgIpc) is 2.47. The highest BCUT2D eigenvalue weighted by Gasteiger charge is 2.06. The topological polar surface area (TPSA) is 60.1 Å². The molecule has 0 aliphatic rings. The van der Waals surface area contributed by atoms with Crippen molar-refractivity contribution in [2.24, 2.45) is 0 Å². The molecule has 0 amide bonds. The zero-order valence-electron chi connectivity index (χ0n) is 11.6. The first kappa shape index (κ1) is 14.0. The van der Waals surface area contributed by atoms with Gasteiger partial charge in [0.05, 0.1) is 17.7 Å². The van der Waals surface area contributed by atoms with Crippen molar-refractivity contribution in [2.75, 3.05) is 11.9 Å². The Morgan fingerprint density at radius 3 is 2.75 bits per heavy atom. The molecule has 1 aromatic heterocycles. The Bertz CT molecular complexity index is 614. The van der Waals surface area contributed by atoms with E-state index in [0.29, 0.717) is 12.1 Å². The number of aromatic nitrogens is 1. The number of benzene rings is 1. The van der Waals surface area contributed by atoms with Gasteiger partial charge in [0, 0.05) is 19.8 Å². The van der Waals surface area contributed by atoms with E-state index < -0.39 is 6.10 Å². The predicted molar refractivity (Wildman–Crippen MR) is 78.1 cm³/mol. The van der Waals surface area contributed by atoms with Crippen LogP contribution in [0.4, 0.5) is 5.82 Å². The standard InChI is InChI=1S/C16H17N3O/c1-12(20)15-6-7-16(18-10-15)19(2)11-14-5-3-4-13(8-14)9-17/h3-8,10,12,20H,11H2,1-2H3/t12-/m0/s1. The summed E-state index contributed by atoms with van der Waals surface area (Å²) in [5.74, 6) is 0.830. The van der Waals surface area contributed by atoms with Crippen molar-refractivity contribution >= 4 is 5.82 Å². The molecule has 102 valence electrons. The molecule has 1 N–H and O–H groups in total. The summed E-state index contributed by atoms with van der Waals surface area (Å²) in [7, 11) is 1.95. The molecule has 0 bridgehead atoms. The molecule has 0 saturated heterocycles. The van der Waals surface area contributed by atoms with Crippen molar-refractivity contribution in [3.8, 4) is 6.07 Å². The Kier molecular flexibility index (Phi) is 4.34. The van der Waals surface area contributed by atoms with Crippen molar-refractivity contribution in [1.29, 1.82) is 5.26 Å². The van der Waals surface area contributed by atoms with Crippen molar-refractivity contribution in [3.63, 3.8) is 0 Å². The van der Waals surface area contributed by atoms with Gasteiger partial charge < -0.3 is 10.0 Å². The van der Waals surface area contributed by atoms with Crippen molar-refractivity contribution < 1.29 is 5.11 Å². The van der Waals surface area contributed by atoms with Gasteiger partial charge in [-0.25, -0.2) is 4.98 Å². The zero-order chi connectivity index (χ0) is 14.5. The van der Waals surface area contributed by atoms with Gasteiger partial charge in [-0.1, -0.05) is 18.2 Å². The van der Waals surface area contributed by atoms with E-state index in [9.17, 15) is 5.11 Å². The van der Waals surface area contributed by atoms with Gasteiger partial charge in [-0.3, -0.25) is 0 Å². The summed E-state index contributed by atoms with van der Waals surface area (Å²) in [5, 5.41) is 18.4. The minimum Gasteiger partial charge on any atom is -0.389 e. The van der Waals surface area contributed by atoms with Gasteiger partial charge in [0.2, 0.25) is 0 Å². The predicted octanol–water partition coefficient (Wildman–Crippen LogP) is 2.64. The number of aliphatic hydroxyl groups is 1. The summed E-state index contributed by atoms with van der Waals surface area (Å²) in [4.78, 5) is 6.34. The second kappa shape index (κ2) is 6.18. The molecule has 1 aromatic carbocycles. The maximum atomic E-state index is 9.46. The van der Waals surface area contributed by atoms with E-state index in [0.717, 1.165) is 16.9 Å². The van der Waals surface area contributed by atoms with Gasteiger partial charge in [0.25, 0.3) is 0 Å². The fourth-order valence-corrected chi connectivity index (χ4v) is 1.96. The first-order chi connectivity index (χ1) is 9.60. The monoisotopic (exact) mass is 267 g/mol. The minimum absolute atomic E-state index is 0.505. The van der Waals surface area contributed by atoms with Crippen molar-refractivity contribution in [2.45, 2.75) is 19.6 Å². The zero-order valence-corrected chi connectivity index (χ0v) is 11.6. The Labute approximate surface area is 118 Å². The third-order valence-corrected chi connectivity index (χ3v) is 3.12. The van der Waals surface area contributed by atoms with Gasteiger partial charge in [0.15, 0.2) is 0 Å². The quantitative estimate of drug-likeness (QED) is 0.925. The van der Waals surface area contributed by atoms with E-state index in [4.69, 9.17) is 5.26 Å². The van der Waals surface area contributed by atoms with Crippen LogP contribution in [0, 0.1) is 11.3 Å². The highest BCUT2D eigenvalue weighted by atomic mass is 16.3. The summed E-state index contributed by atoms with van der Waals surface area (Å²) in [6, 6.07) is 13.4. The number of nitrogens with zero attached hydrogens (tertiary/aromatic N) is 3. The van der Waals surface area contributed by atoms with Crippen LogP contribution < -0.4 is 4.90 Å². The Balaban J connectivity index is 2.11. The molecule has 0 aliphatic carbocycles. The lowest BCUT2D eigenvalue weighted by molar-refractivity contribution is 0.199. The number of pyridine rings is 1. The SMILES string of the molecule is C[C@H](O)c1ccc(N(C)Cc2cccc(C#N)c2)nc1. The summed E-state index contributed by atoms with van der Waals surface area (Å²) < 4.78 is 0. The number of rotatable bonds is 4. The number of hydrogen-bond acceptors (Lipinski definition) is 4. The number of anilines is 1. The minimum atomic E-state index is -0.505. The fourth-order valence-electron chi connectivity index (χ4n) is 1.96. The van der Waals surface area contributed by atoms with Crippen LogP contribution in [0.2, 0.25) is 0 Å². The Morgan fingerprint density at radius 1 is 1.35 bits per heavy atom. The van der Waals surface area contributed by atoms with Gasteiger partial charge in [-0.05, 0) is 36.2 Å². The summed E-state index contributed by atoms with van der Waals surface area (Å²) in [6.45, 7) is 2.39. The highest BCUT2D eigenvalue weighted by molar-refractivity contribution is 5.41. The lowest BCUT2D eigenvalue weighted by Crippen LogP contribution is -2.17. The van der Waals surface area contributed by atoms with Crippen LogP contribution >= 0.6 is 0 Å². The van der Waals surface area contributed by atoms with Crippen molar-refractivity contribution in [3.05, 3.63) is 59.3 Å². The molecule has 0 aliphatic heterocycles. The van der Waals surface area contributed by atoms with Crippen LogP contribution in [0.25, 0.3) is 0 Å². The molecule has 0 unspecified atom stereocenters. The van der Waals surface area contributed by atoms with Gasteiger partial charge in [0.1, 0.15) is 5.82 Å². The molecule has 1 heterocycles. The first-order valence-electron chi connectivity index (χ1n) is 6.44. The van der Waals surface area contributed by atoms with Crippen LogP contribution in [0.5, 0.6) is 0 Å². The van der Waals surface area contributed by atoms with Crippen LogP contribution in [-0.2, 0) is 6.54 Å². The third-order valence-electron chi connectivity index (χ3n) is 3.12. The second-order valence-corrected chi connectivity index (χ2v) is 4.79. The van der Waals surface area contributed by atoms with Gasteiger partial charge >= 0.3 is 0 Å². The maximum Gasteiger partial charge on any atom is 0.128 e. The second-order valence-electron chi connectivity index (χ2n) is 4.79. The van der Waals surface area contributed by atoms with E-state index >= 15 is 0 Å². The summed E-state index contributed by atoms with van der Waals surface area (Å²) in [5.41, 5.74) is 2.52. The van der Waals surface area contributed by atoms with Crippen LogP contribution in [-0.4, -0.2) is 17.1 Å². The molecule has 2 rings (SSSR count). The van der Waals surface area contributed by atoms with E-state index in [2.05, 4.69) is 11.1 Å². The third kappa shape index (κ3) is 3.34. The number of hydrogen-bond donors (Lipinski definition) is 1. The Hall–Kier alpha value is -2.38. The van der Waals surface area contributed by atoms with Crippen molar-refractivity contribution in [1.82, 2.24) is 4.98 Å².